The van der Waals surface area contributed by atoms with Crippen LogP contribution in [0.4, 0.5) is 0 Å². The Kier molecular flexibility index (Phi) is 2.74. The van der Waals surface area contributed by atoms with E-state index in [1.807, 2.05) is 6.92 Å². The second kappa shape index (κ2) is 3.65. The highest BCUT2D eigenvalue weighted by Crippen LogP contribution is 2.05. The maximum Gasteiger partial charge on any atom is 0.341 e. The van der Waals surface area contributed by atoms with Crippen LogP contribution in [0.15, 0.2) is 10.9 Å². The monoisotopic (exact) mass is 195 g/mol. The van der Waals surface area contributed by atoms with Gasteiger partial charge < -0.3 is 9.67 Å². The van der Waals surface area contributed by atoms with Crippen LogP contribution < -0.4 is 5.56 Å². The van der Waals surface area contributed by atoms with Gasteiger partial charge in [0, 0.05) is 12.2 Å². The van der Waals surface area contributed by atoms with E-state index >= 15 is 0 Å². The van der Waals surface area contributed by atoms with E-state index in [0.717, 1.165) is 5.69 Å². The SMILES string of the molecule is CCn1c(C)cc(C)c(C(=O)O)c1=O. The molecule has 1 N–H and O–H groups in total. The summed E-state index contributed by atoms with van der Waals surface area (Å²) in [7, 11) is 0. The first-order valence-electron chi connectivity index (χ1n) is 4.43. The van der Waals surface area contributed by atoms with Crippen molar-refractivity contribution in [2.24, 2.45) is 0 Å². The van der Waals surface area contributed by atoms with E-state index in [0.29, 0.717) is 12.1 Å². The predicted molar refractivity (Wildman–Crippen MR) is 52.8 cm³/mol. The minimum atomic E-state index is -1.16. The van der Waals surface area contributed by atoms with Crippen LogP contribution in [0, 0.1) is 13.8 Å². The number of carbonyl (C=O) groups is 1. The van der Waals surface area contributed by atoms with Gasteiger partial charge in [0.05, 0.1) is 0 Å². The molecule has 0 radical (unpaired) electrons. The maximum absolute atomic E-state index is 11.7. The largest absolute Gasteiger partial charge is 0.477 e. The van der Waals surface area contributed by atoms with Gasteiger partial charge in [0.1, 0.15) is 5.56 Å². The van der Waals surface area contributed by atoms with E-state index in [2.05, 4.69) is 0 Å². The molecule has 1 aromatic rings. The highest BCUT2D eigenvalue weighted by molar-refractivity contribution is 5.88. The lowest BCUT2D eigenvalue weighted by Gasteiger charge is -2.09. The van der Waals surface area contributed by atoms with Gasteiger partial charge in [-0.25, -0.2) is 4.79 Å². The molecule has 0 saturated carbocycles. The zero-order valence-electron chi connectivity index (χ0n) is 8.50. The molecular weight excluding hydrogens is 182 g/mol. The summed E-state index contributed by atoms with van der Waals surface area (Å²) in [5, 5.41) is 8.84. The van der Waals surface area contributed by atoms with Crippen molar-refractivity contribution in [2.45, 2.75) is 27.3 Å². The number of carboxylic acid groups (broad SMARTS) is 1. The minimum Gasteiger partial charge on any atom is -0.477 e. The average Bonchev–Trinajstić information content (AvgIpc) is 2.02. The number of pyridine rings is 1. The van der Waals surface area contributed by atoms with Gasteiger partial charge in [0.2, 0.25) is 0 Å². The summed E-state index contributed by atoms with van der Waals surface area (Å²) in [5.41, 5.74) is 0.764. The molecule has 4 heteroatoms. The highest BCUT2D eigenvalue weighted by Gasteiger charge is 2.15. The first kappa shape index (κ1) is 10.5. The molecule has 0 atom stereocenters. The summed E-state index contributed by atoms with van der Waals surface area (Å²) in [5.74, 6) is -1.16. The Balaban J connectivity index is 3.61. The molecule has 0 aliphatic carbocycles. The Bertz CT molecular complexity index is 432. The standard InChI is InChI=1S/C10H13NO3/c1-4-11-7(3)5-6(2)8(9(11)12)10(13)14/h5H,4H2,1-3H3,(H,13,14). The predicted octanol–water partition coefficient (Wildman–Crippen LogP) is 1.18. The van der Waals surface area contributed by atoms with Crippen molar-refractivity contribution < 1.29 is 9.90 Å². The second-order valence-corrected chi connectivity index (χ2v) is 3.20. The van der Waals surface area contributed by atoms with Crippen LogP contribution in [-0.4, -0.2) is 15.6 Å². The Hall–Kier alpha value is -1.58. The third kappa shape index (κ3) is 1.55. The molecule has 0 bridgehead atoms. The zero-order chi connectivity index (χ0) is 10.9. The van der Waals surface area contributed by atoms with Gasteiger partial charge in [-0.1, -0.05) is 0 Å². The lowest BCUT2D eigenvalue weighted by Crippen LogP contribution is -2.28. The van der Waals surface area contributed by atoms with Crippen molar-refractivity contribution in [3.63, 3.8) is 0 Å². The van der Waals surface area contributed by atoms with Gasteiger partial charge in [0.25, 0.3) is 5.56 Å². The molecule has 1 aromatic heterocycles. The Labute approximate surface area is 81.8 Å². The Morgan fingerprint density at radius 3 is 2.50 bits per heavy atom. The molecule has 14 heavy (non-hydrogen) atoms. The van der Waals surface area contributed by atoms with Gasteiger partial charge in [-0.2, -0.15) is 0 Å². The topological polar surface area (TPSA) is 59.3 Å². The first-order valence-corrected chi connectivity index (χ1v) is 4.43. The van der Waals surface area contributed by atoms with Crippen molar-refractivity contribution in [2.75, 3.05) is 0 Å². The summed E-state index contributed by atoms with van der Waals surface area (Å²) >= 11 is 0. The molecule has 0 saturated heterocycles. The van der Waals surface area contributed by atoms with Crippen LogP contribution in [0.2, 0.25) is 0 Å². The van der Waals surface area contributed by atoms with E-state index in [1.165, 1.54) is 4.57 Å². The van der Waals surface area contributed by atoms with Crippen molar-refractivity contribution in [1.82, 2.24) is 4.57 Å². The van der Waals surface area contributed by atoms with Crippen molar-refractivity contribution in [3.05, 3.63) is 33.2 Å². The number of rotatable bonds is 2. The number of aromatic carboxylic acids is 1. The van der Waals surface area contributed by atoms with Gasteiger partial charge in [-0.3, -0.25) is 4.79 Å². The summed E-state index contributed by atoms with van der Waals surface area (Å²) in [6.45, 7) is 5.74. The Morgan fingerprint density at radius 2 is 2.07 bits per heavy atom. The van der Waals surface area contributed by atoms with E-state index in [4.69, 9.17) is 5.11 Å². The van der Waals surface area contributed by atoms with Crippen LogP contribution in [0.5, 0.6) is 0 Å². The molecular formula is C10H13NO3. The van der Waals surface area contributed by atoms with E-state index in [1.54, 1.807) is 19.9 Å². The van der Waals surface area contributed by atoms with E-state index in [-0.39, 0.29) is 5.56 Å². The second-order valence-electron chi connectivity index (χ2n) is 3.20. The minimum absolute atomic E-state index is 0.127. The summed E-state index contributed by atoms with van der Waals surface area (Å²) in [6.07, 6.45) is 0. The van der Waals surface area contributed by atoms with E-state index in [9.17, 15) is 9.59 Å². The molecule has 0 aliphatic heterocycles. The van der Waals surface area contributed by atoms with Crippen LogP contribution in [0.3, 0.4) is 0 Å². The van der Waals surface area contributed by atoms with Crippen molar-refractivity contribution in [1.29, 1.82) is 0 Å². The molecule has 0 unspecified atom stereocenters. The van der Waals surface area contributed by atoms with Crippen molar-refractivity contribution in [3.8, 4) is 0 Å². The molecule has 76 valence electrons. The highest BCUT2D eigenvalue weighted by atomic mass is 16.4. The van der Waals surface area contributed by atoms with Crippen LogP contribution in [-0.2, 0) is 6.54 Å². The number of carboxylic acids is 1. The summed E-state index contributed by atoms with van der Waals surface area (Å²) in [6, 6.07) is 1.72. The van der Waals surface area contributed by atoms with Gasteiger partial charge in [-0.15, -0.1) is 0 Å². The fourth-order valence-electron chi connectivity index (χ4n) is 1.58. The molecule has 0 fully saturated rings. The van der Waals surface area contributed by atoms with E-state index < -0.39 is 11.5 Å². The van der Waals surface area contributed by atoms with Gasteiger partial charge in [-0.05, 0) is 32.4 Å². The van der Waals surface area contributed by atoms with Crippen LogP contribution >= 0.6 is 0 Å². The van der Waals surface area contributed by atoms with Gasteiger partial charge >= 0.3 is 5.97 Å². The molecule has 0 aromatic carbocycles. The first-order chi connectivity index (χ1) is 6.49. The van der Waals surface area contributed by atoms with Gasteiger partial charge in [0.15, 0.2) is 0 Å². The third-order valence-corrected chi connectivity index (χ3v) is 2.23. The molecule has 0 aliphatic rings. The number of hydrogen-bond acceptors (Lipinski definition) is 2. The van der Waals surface area contributed by atoms with Crippen LogP contribution in [0.25, 0.3) is 0 Å². The van der Waals surface area contributed by atoms with Crippen LogP contribution in [0.1, 0.15) is 28.5 Å². The number of aryl methyl sites for hydroxylation is 2. The number of hydrogen-bond donors (Lipinski definition) is 1. The molecule has 4 nitrogen and oxygen atoms in total. The lowest BCUT2D eigenvalue weighted by atomic mass is 10.1. The fraction of sp³-hybridized carbons (Fsp3) is 0.400. The number of aromatic nitrogens is 1. The molecule has 1 rings (SSSR count). The molecule has 0 amide bonds. The molecule has 0 spiro atoms. The number of nitrogens with zero attached hydrogens (tertiary/aromatic N) is 1. The quantitative estimate of drug-likeness (QED) is 0.770. The molecule has 1 heterocycles. The fourth-order valence-corrected chi connectivity index (χ4v) is 1.58. The Morgan fingerprint density at radius 1 is 1.50 bits per heavy atom. The average molecular weight is 195 g/mol. The lowest BCUT2D eigenvalue weighted by molar-refractivity contribution is 0.0693. The zero-order valence-corrected chi connectivity index (χ0v) is 8.50. The smallest absolute Gasteiger partial charge is 0.341 e. The summed E-state index contributed by atoms with van der Waals surface area (Å²) in [4.78, 5) is 22.5. The maximum atomic E-state index is 11.7. The van der Waals surface area contributed by atoms with Crippen molar-refractivity contribution >= 4 is 5.97 Å². The third-order valence-electron chi connectivity index (χ3n) is 2.23. The summed E-state index contributed by atoms with van der Waals surface area (Å²) < 4.78 is 1.45. The normalized spacial score (nSPS) is 10.2.